The van der Waals surface area contributed by atoms with Gasteiger partial charge >= 0.3 is 0 Å². The van der Waals surface area contributed by atoms with Gasteiger partial charge in [-0.15, -0.1) is 0 Å². The molecule has 0 aliphatic carbocycles. The van der Waals surface area contributed by atoms with Gasteiger partial charge in [-0.25, -0.2) is 4.39 Å². The van der Waals surface area contributed by atoms with Crippen molar-refractivity contribution >= 4 is 15.9 Å². The second-order valence-electron chi connectivity index (χ2n) is 3.11. The van der Waals surface area contributed by atoms with Gasteiger partial charge in [-0.05, 0) is 11.6 Å². The highest BCUT2D eigenvalue weighted by Crippen LogP contribution is 2.26. The van der Waals surface area contributed by atoms with Crippen LogP contribution in [0.5, 0.6) is 0 Å². The molecule has 1 aromatic heterocycles. The van der Waals surface area contributed by atoms with Crippen LogP contribution in [0.4, 0.5) is 4.39 Å². The molecule has 0 spiro atoms. The smallest absolute Gasteiger partial charge is 0.134 e. The zero-order valence-electron chi connectivity index (χ0n) is 7.95. The lowest BCUT2D eigenvalue weighted by Crippen LogP contribution is -1.94. The molecule has 0 radical (unpaired) electrons. The molecule has 76 valence electrons. The number of alkyl halides is 1. The van der Waals surface area contributed by atoms with Gasteiger partial charge in [0.25, 0.3) is 0 Å². The number of pyridine rings is 1. The molecule has 15 heavy (non-hydrogen) atoms. The molecule has 0 saturated heterocycles. The fraction of sp³-hybridized carbons (Fsp3) is 0.0833. The Balaban J connectivity index is 2.61. The van der Waals surface area contributed by atoms with Crippen LogP contribution in [-0.2, 0) is 5.33 Å². The van der Waals surface area contributed by atoms with Crippen molar-refractivity contribution < 1.29 is 4.39 Å². The molecule has 0 atom stereocenters. The van der Waals surface area contributed by atoms with Crippen molar-refractivity contribution in [3.05, 3.63) is 54.1 Å². The standard InChI is InChI=1S/C12H9BrFN/c13-8-11-12(10(14)6-7-15-11)9-4-2-1-3-5-9/h1-7H,8H2. The van der Waals surface area contributed by atoms with Crippen LogP contribution >= 0.6 is 15.9 Å². The summed E-state index contributed by atoms with van der Waals surface area (Å²) < 4.78 is 13.7. The quantitative estimate of drug-likeness (QED) is 0.754. The summed E-state index contributed by atoms with van der Waals surface area (Å²) in [6.07, 6.45) is 1.48. The van der Waals surface area contributed by atoms with Gasteiger partial charge in [0.15, 0.2) is 0 Å². The van der Waals surface area contributed by atoms with E-state index in [9.17, 15) is 4.39 Å². The third kappa shape index (κ3) is 2.07. The van der Waals surface area contributed by atoms with Crippen LogP contribution in [0.3, 0.4) is 0 Å². The summed E-state index contributed by atoms with van der Waals surface area (Å²) in [6.45, 7) is 0. The van der Waals surface area contributed by atoms with Crippen LogP contribution < -0.4 is 0 Å². The molecule has 0 fully saturated rings. The number of rotatable bonds is 2. The first-order valence-corrected chi connectivity index (χ1v) is 5.70. The molecule has 1 heterocycles. The van der Waals surface area contributed by atoms with Crippen LogP contribution in [0.1, 0.15) is 5.69 Å². The van der Waals surface area contributed by atoms with E-state index in [2.05, 4.69) is 20.9 Å². The molecule has 0 aliphatic rings. The van der Waals surface area contributed by atoms with Crippen LogP contribution in [0, 0.1) is 5.82 Å². The van der Waals surface area contributed by atoms with Crippen LogP contribution in [0.25, 0.3) is 11.1 Å². The van der Waals surface area contributed by atoms with Crippen molar-refractivity contribution in [2.24, 2.45) is 0 Å². The van der Waals surface area contributed by atoms with Gasteiger partial charge in [0, 0.05) is 17.1 Å². The van der Waals surface area contributed by atoms with E-state index >= 15 is 0 Å². The lowest BCUT2D eigenvalue weighted by atomic mass is 10.0. The van der Waals surface area contributed by atoms with Gasteiger partial charge < -0.3 is 0 Å². The topological polar surface area (TPSA) is 12.9 Å². The van der Waals surface area contributed by atoms with E-state index in [1.54, 1.807) is 0 Å². The maximum absolute atomic E-state index is 13.7. The van der Waals surface area contributed by atoms with E-state index in [1.165, 1.54) is 12.3 Å². The molecule has 0 saturated carbocycles. The van der Waals surface area contributed by atoms with Gasteiger partial charge in [-0.3, -0.25) is 4.98 Å². The van der Waals surface area contributed by atoms with Crippen LogP contribution in [0.2, 0.25) is 0 Å². The number of aromatic nitrogens is 1. The zero-order valence-corrected chi connectivity index (χ0v) is 9.54. The molecule has 0 bridgehead atoms. The van der Waals surface area contributed by atoms with E-state index in [-0.39, 0.29) is 5.82 Å². The van der Waals surface area contributed by atoms with Crippen molar-refractivity contribution in [1.29, 1.82) is 0 Å². The summed E-state index contributed by atoms with van der Waals surface area (Å²) in [6, 6.07) is 10.8. The molecular formula is C12H9BrFN. The Kier molecular flexibility index (Phi) is 3.11. The van der Waals surface area contributed by atoms with Gasteiger partial charge in [0.2, 0.25) is 0 Å². The zero-order chi connectivity index (χ0) is 10.7. The highest BCUT2D eigenvalue weighted by molar-refractivity contribution is 9.08. The van der Waals surface area contributed by atoms with E-state index in [0.717, 1.165) is 11.3 Å². The lowest BCUT2D eigenvalue weighted by Gasteiger charge is -2.07. The Morgan fingerprint density at radius 2 is 1.87 bits per heavy atom. The number of hydrogen-bond donors (Lipinski definition) is 0. The summed E-state index contributed by atoms with van der Waals surface area (Å²) in [4.78, 5) is 4.15. The largest absolute Gasteiger partial charge is 0.260 e. The third-order valence-corrected chi connectivity index (χ3v) is 2.70. The Bertz CT molecular complexity index is 456. The minimum absolute atomic E-state index is 0.231. The molecule has 1 nitrogen and oxygen atoms in total. The molecule has 3 heteroatoms. The van der Waals surface area contributed by atoms with E-state index in [4.69, 9.17) is 0 Å². The third-order valence-electron chi connectivity index (χ3n) is 2.17. The van der Waals surface area contributed by atoms with E-state index in [1.807, 2.05) is 30.3 Å². The molecule has 0 N–H and O–H groups in total. The molecule has 2 aromatic rings. The van der Waals surface area contributed by atoms with Gasteiger partial charge in [-0.1, -0.05) is 46.3 Å². The lowest BCUT2D eigenvalue weighted by molar-refractivity contribution is 0.627. The highest BCUT2D eigenvalue weighted by atomic mass is 79.9. The van der Waals surface area contributed by atoms with Crippen LogP contribution in [0.15, 0.2) is 42.6 Å². The number of nitrogens with zero attached hydrogens (tertiary/aromatic N) is 1. The second kappa shape index (κ2) is 4.53. The average molecular weight is 266 g/mol. The van der Waals surface area contributed by atoms with Gasteiger partial charge in [0.1, 0.15) is 5.82 Å². The summed E-state index contributed by atoms with van der Waals surface area (Å²) in [5.74, 6) is -0.231. The van der Waals surface area contributed by atoms with Crippen molar-refractivity contribution in [2.75, 3.05) is 0 Å². The number of halogens is 2. The maximum atomic E-state index is 13.7. The summed E-state index contributed by atoms with van der Waals surface area (Å²) in [5.41, 5.74) is 2.16. The Morgan fingerprint density at radius 3 is 2.53 bits per heavy atom. The second-order valence-corrected chi connectivity index (χ2v) is 3.67. The summed E-state index contributed by atoms with van der Waals surface area (Å²) in [5, 5.41) is 0.551. The monoisotopic (exact) mass is 265 g/mol. The van der Waals surface area contributed by atoms with Gasteiger partial charge in [-0.2, -0.15) is 0 Å². The molecule has 0 amide bonds. The molecule has 0 unspecified atom stereocenters. The molecule has 1 aromatic carbocycles. The Labute approximate surface area is 96.1 Å². The average Bonchev–Trinajstić information content (AvgIpc) is 2.29. The fourth-order valence-electron chi connectivity index (χ4n) is 1.49. The van der Waals surface area contributed by atoms with Crippen molar-refractivity contribution in [3.63, 3.8) is 0 Å². The number of hydrogen-bond acceptors (Lipinski definition) is 1. The maximum Gasteiger partial charge on any atom is 0.134 e. The molecular weight excluding hydrogens is 257 g/mol. The normalized spacial score (nSPS) is 10.3. The highest BCUT2D eigenvalue weighted by Gasteiger charge is 2.10. The van der Waals surface area contributed by atoms with Crippen molar-refractivity contribution in [2.45, 2.75) is 5.33 Å². The van der Waals surface area contributed by atoms with Crippen LogP contribution in [-0.4, -0.2) is 4.98 Å². The Morgan fingerprint density at radius 1 is 1.13 bits per heavy atom. The predicted octanol–water partition coefficient (Wildman–Crippen LogP) is 3.78. The number of benzene rings is 1. The minimum Gasteiger partial charge on any atom is -0.260 e. The first-order chi connectivity index (χ1) is 7.33. The van der Waals surface area contributed by atoms with Crippen molar-refractivity contribution in [1.82, 2.24) is 4.98 Å². The van der Waals surface area contributed by atoms with E-state index < -0.39 is 0 Å². The summed E-state index contributed by atoms with van der Waals surface area (Å²) >= 11 is 3.31. The van der Waals surface area contributed by atoms with Gasteiger partial charge in [0.05, 0.1) is 5.69 Å². The molecule has 0 aliphatic heterocycles. The fourth-order valence-corrected chi connectivity index (χ4v) is 1.91. The SMILES string of the molecule is Fc1ccnc(CBr)c1-c1ccccc1. The Hall–Kier alpha value is -1.22. The van der Waals surface area contributed by atoms with Crippen molar-refractivity contribution in [3.8, 4) is 11.1 Å². The summed E-state index contributed by atoms with van der Waals surface area (Å²) in [7, 11) is 0. The molecule has 2 rings (SSSR count). The first-order valence-electron chi connectivity index (χ1n) is 4.57. The first kappa shape index (κ1) is 10.3. The minimum atomic E-state index is -0.231. The van der Waals surface area contributed by atoms with E-state index in [0.29, 0.717) is 10.9 Å². The predicted molar refractivity (Wildman–Crippen MR) is 62.3 cm³/mol.